The maximum absolute atomic E-state index is 11.5. The van der Waals surface area contributed by atoms with Crippen molar-refractivity contribution < 1.29 is 17.9 Å². The number of carbonyl (C=O) groups is 1. The smallest absolute Gasteiger partial charge is 0.322 e. The van der Waals surface area contributed by atoms with Gasteiger partial charge in [-0.2, -0.15) is 0 Å². The number of ether oxygens (including phenoxy) is 1. The second-order valence-corrected chi connectivity index (χ2v) is 5.89. The molecule has 1 N–H and O–H groups in total. The van der Waals surface area contributed by atoms with Gasteiger partial charge in [0.05, 0.1) is 7.11 Å². The minimum absolute atomic E-state index is 0.192. The summed E-state index contributed by atoms with van der Waals surface area (Å²) in [6.45, 7) is 1.70. The fourth-order valence-electron chi connectivity index (χ4n) is 1.04. The van der Waals surface area contributed by atoms with Gasteiger partial charge in [0.15, 0.2) is 5.75 Å². The quantitative estimate of drug-likeness (QED) is 0.838. The Morgan fingerprint density at radius 2 is 2.24 bits per heavy atom. The molecule has 0 amide bonds. The summed E-state index contributed by atoms with van der Waals surface area (Å²) in [5, 5.41) is 0. The number of aryl methyl sites for hydroxylation is 1. The number of nitrogens with zero attached hydrogens (tertiary/aromatic N) is 1. The molecular formula is C9H11BrN2O4S. The third-order valence-corrected chi connectivity index (χ3v) is 3.39. The molecule has 1 heterocycles. The van der Waals surface area contributed by atoms with E-state index in [0.717, 1.165) is 11.6 Å². The van der Waals surface area contributed by atoms with E-state index in [1.165, 1.54) is 6.20 Å². The number of sulfonamides is 1. The Morgan fingerprint density at radius 3 is 2.76 bits per heavy atom. The first-order valence-electron chi connectivity index (χ1n) is 4.53. The number of carbonyl (C=O) groups excluding carboxylic acids is 1. The van der Waals surface area contributed by atoms with Gasteiger partial charge in [-0.25, -0.2) is 13.4 Å². The minimum atomic E-state index is -3.78. The Hall–Kier alpha value is -1.15. The Kier molecular flexibility index (Phi) is 4.47. The standard InChI is InChI=1S/C9H11BrN2O4S/c1-6-3-7(10)4-11-9(6)12-17(14,15)5-8(13)16-2/h3-4H,5H2,1-2H3,(H,11,12). The number of hydrogen-bond donors (Lipinski definition) is 1. The number of methoxy groups -OCH3 is 1. The average molecular weight is 323 g/mol. The molecule has 94 valence electrons. The monoisotopic (exact) mass is 322 g/mol. The first-order valence-corrected chi connectivity index (χ1v) is 6.98. The summed E-state index contributed by atoms with van der Waals surface area (Å²) in [4.78, 5) is 14.8. The molecule has 0 fully saturated rings. The fourth-order valence-corrected chi connectivity index (χ4v) is 2.50. The molecule has 0 atom stereocenters. The maximum atomic E-state index is 11.5. The summed E-state index contributed by atoms with van der Waals surface area (Å²) in [5.74, 6) is -1.37. The first-order chi connectivity index (χ1) is 7.84. The van der Waals surface area contributed by atoms with Crippen LogP contribution in [0.3, 0.4) is 0 Å². The number of esters is 1. The summed E-state index contributed by atoms with van der Waals surface area (Å²) in [6.07, 6.45) is 1.46. The van der Waals surface area contributed by atoms with Gasteiger partial charge in [-0.05, 0) is 34.5 Å². The van der Waals surface area contributed by atoms with Gasteiger partial charge in [0, 0.05) is 10.7 Å². The van der Waals surface area contributed by atoms with E-state index in [1.807, 2.05) is 0 Å². The normalized spacial score (nSPS) is 11.0. The Morgan fingerprint density at radius 1 is 1.59 bits per heavy atom. The van der Waals surface area contributed by atoms with Crippen LogP contribution in [0, 0.1) is 6.92 Å². The molecule has 0 radical (unpaired) electrons. The van der Waals surface area contributed by atoms with Crippen LogP contribution in [0.5, 0.6) is 0 Å². The lowest BCUT2D eigenvalue weighted by Gasteiger charge is -2.08. The molecule has 1 aromatic rings. The van der Waals surface area contributed by atoms with E-state index in [2.05, 4.69) is 30.4 Å². The van der Waals surface area contributed by atoms with Crippen molar-refractivity contribution in [1.29, 1.82) is 0 Å². The molecule has 0 aliphatic rings. The van der Waals surface area contributed by atoms with Crippen LogP contribution < -0.4 is 4.72 Å². The summed E-state index contributed by atoms with van der Waals surface area (Å²) in [5.41, 5.74) is 0.646. The molecule has 1 rings (SSSR count). The van der Waals surface area contributed by atoms with E-state index in [-0.39, 0.29) is 5.82 Å². The van der Waals surface area contributed by atoms with E-state index < -0.39 is 21.7 Å². The van der Waals surface area contributed by atoms with Gasteiger partial charge in [-0.3, -0.25) is 9.52 Å². The molecule has 6 nitrogen and oxygen atoms in total. The number of aromatic nitrogens is 1. The molecule has 0 saturated carbocycles. The maximum Gasteiger partial charge on any atom is 0.322 e. The zero-order chi connectivity index (χ0) is 13.1. The molecule has 0 aromatic carbocycles. The third-order valence-electron chi connectivity index (χ3n) is 1.83. The minimum Gasteiger partial charge on any atom is -0.468 e. The van der Waals surface area contributed by atoms with Gasteiger partial charge in [-0.1, -0.05) is 0 Å². The molecule has 0 aliphatic carbocycles. The van der Waals surface area contributed by atoms with E-state index in [0.29, 0.717) is 5.56 Å². The molecule has 0 saturated heterocycles. The van der Waals surface area contributed by atoms with Crippen molar-refractivity contribution in [3.63, 3.8) is 0 Å². The summed E-state index contributed by atoms with van der Waals surface area (Å²) >= 11 is 3.21. The van der Waals surface area contributed by atoms with Crippen molar-refractivity contribution in [2.24, 2.45) is 0 Å². The molecule has 0 bridgehead atoms. The predicted octanol–water partition coefficient (Wildman–Crippen LogP) is 1.07. The molecule has 0 unspecified atom stereocenters. The molecular weight excluding hydrogens is 312 g/mol. The van der Waals surface area contributed by atoms with Crippen molar-refractivity contribution >= 4 is 37.7 Å². The van der Waals surface area contributed by atoms with Gasteiger partial charge < -0.3 is 4.74 Å². The van der Waals surface area contributed by atoms with Crippen LogP contribution in [-0.2, 0) is 19.6 Å². The van der Waals surface area contributed by atoms with E-state index in [9.17, 15) is 13.2 Å². The number of anilines is 1. The third kappa shape index (κ3) is 4.31. The largest absolute Gasteiger partial charge is 0.468 e. The zero-order valence-electron chi connectivity index (χ0n) is 9.23. The van der Waals surface area contributed by atoms with Gasteiger partial charge in [0.1, 0.15) is 5.82 Å². The molecule has 8 heteroatoms. The predicted molar refractivity (Wildman–Crippen MR) is 66.1 cm³/mol. The number of nitrogens with one attached hydrogen (secondary N) is 1. The van der Waals surface area contributed by atoms with Gasteiger partial charge in [0.25, 0.3) is 0 Å². The highest BCUT2D eigenvalue weighted by Crippen LogP contribution is 2.17. The first kappa shape index (κ1) is 13.9. The van der Waals surface area contributed by atoms with Crippen LogP contribution in [-0.4, -0.2) is 32.2 Å². The topological polar surface area (TPSA) is 85.4 Å². The van der Waals surface area contributed by atoms with Crippen molar-refractivity contribution in [1.82, 2.24) is 4.98 Å². The summed E-state index contributed by atoms with van der Waals surface area (Å²) < 4.78 is 30.3. The van der Waals surface area contributed by atoms with Gasteiger partial charge in [-0.15, -0.1) is 0 Å². The number of hydrogen-bond acceptors (Lipinski definition) is 5. The fraction of sp³-hybridized carbons (Fsp3) is 0.333. The number of halogens is 1. The van der Waals surface area contributed by atoms with Crippen LogP contribution in [0.25, 0.3) is 0 Å². The molecule has 0 spiro atoms. The van der Waals surface area contributed by atoms with Crippen molar-refractivity contribution in [2.75, 3.05) is 17.6 Å². The van der Waals surface area contributed by atoms with Gasteiger partial charge in [0.2, 0.25) is 10.0 Å². The van der Waals surface area contributed by atoms with Crippen LogP contribution in [0.4, 0.5) is 5.82 Å². The van der Waals surface area contributed by atoms with Crippen LogP contribution in [0.2, 0.25) is 0 Å². The Balaban J connectivity index is 2.87. The van der Waals surface area contributed by atoms with Crippen molar-refractivity contribution in [3.05, 3.63) is 22.3 Å². The van der Waals surface area contributed by atoms with Crippen molar-refractivity contribution in [2.45, 2.75) is 6.92 Å². The second kappa shape index (κ2) is 5.46. The van der Waals surface area contributed by atoms with E-state index in [1.54, 1.807) is 13.0 Å². The van der Waals surface area contributed by atoms with Crippen molar-refractivity contribution in [3.8, 4) is 0 Å². The van der Waals surface area contributed by atoms with Crippen LogP contribution >= 0.6 is 15.9 Å². The lowest BCUT2D eigenvalue weighted by molar-refractivity contribution is -0.137. The average Bonchev–Trinajstić information content (AvgIpc) is 2.21. The molecule has 0 aliphatic heterocycles. The SMILES string of the molecule is COC(=O)CS(=O)(=O)Nc1ncc(Br)cc1C. The Bertz CT molecular complexity index is 530. The van der Waals surface area contributed by atoms with Crippen LogP contribution in [0.1, 0.15) is 5.56 Å². The van der Waals surface area contributed by atoms with Gasteiger partial charge >= 0.3 is 5.97 Å². The number of pyridine rings is 1. The zero-order valence-corrected chi connectivity index (χ0v) is 11.6. The highest BCUT2D eigenvalue weighted by molar-refractivity contribution is 9.10. The van der Waals surface area contributed by atoms with E-state index >= 15 is 0 Å². The molecule has 1 aromatic heterocycles. The Labute approximate surface area is 108 Å². The highest BCUT2D eigenvalue weighted by atomic mass is 79.9. The lowest BCUT2D eigenvalue weighted by Crippen LogP contribution is -2.24. The number of rotatable bonds is 4. The summed E-state index contributed by atoms with van der Waals surface area (Å²) in [6, 6.07) is 1.71. The second-order valence-electron chi connectivity index (χ2n) is 3.26. The lowest BCUT2D eigenvalue weighted by atomic mass is 10.3. The highest BCUT2D eigenvalue weighted by Gasteiger charge is 2.18. The van der Waals surface area contributed by atoms with Crippen LogP contribution in [0.15, 0.2) is 16.7 Å². The summed E-state index contributed by atoms with van der Waals surface area (Å²) in [7, 11) is -2.66. The molecule has 17 heavy (non-hydrogen) atoms. The van der Waals surface area contributed by atoms with E-state index in [4.69, 9.17) is 0 Å².